The molecule has 2 aliphatic rings. The highest BCUT2D eigenvalue weighted by Gasteiger charge is 2.39. The number of carboxylic acids is 1. The van der Waals surface area contributed by atoms with Crippen LogP contribution in [0.15, 0.2) is 0 Å². The standard InChI is InChI=1S/C14H21ClN2O4/c15-5-1-2-12(18)16-6-3-11(4-7-16)17-9-10(14(20)21)8-13(17)19/h10-11H,1-9H2,(H,20,21). The van der Waals surface area contributed by atoms with E-state index in [4.69, 9.17) is 16.7 Å². The number of likely N-dealkylation sites (tertiary alicyclic amines) is 2. The summed E-state index contributed by atoms with van der Waals surface area (Å²) in [5, 5.41) is 9.00. The molecule has 6 nitrogen and oxygen atoms in total. The minimum atomic E-state index is -0.903. The van der Waals surface area contributed by atoms with E-state index in [9.17, 15) is 14.4 Å². The Morgan fingerprint density at radius 3 is 2.48 bits per heavy atom. The lowest BCUT2D eigenvalue weighted by atomic mass is 10.0. The van der Waals surface area contributed by atoms with Crippen LogP contribution in [0.5, 0.6) is 0 Å². The molecule has 0 aromatic rings. The predicted molar refractivity (Wildman–Crippen MR) is 77.0 cm³/mol. The molecular weight excluding hydrogens is 296 g/mol. The van der Waals surface area contributed by atoms with Gasteiger partial charge in [0, 0.05) is 44.4 Å². The number of carbonyl (C=O) groups excluding carboxylic acids is 2. The molecule has 0 aromatic heterocycles. The number of hydrogen-bond donors (Lipinski definition) is 1. The molecule has 0 saturated carbocycles. The summed E-state index contributed by atoms with van der Waals surface area (Å²) in [7, 11) is 0. The van der Waals surface area contributed by atoms with E-state index in [1.807, 2.05) is 4.90 Å². The van der Waals surface area contributed by atoms with Gasteiger partial charge in [-0.25, -0.2) is 0 Å². The van der Waals surface area contributed by atoms with Crippen LogP contribution < -0.4 is 0 Å². The molecule has 2 rings (SSSR count). The van der Waals surface area contributed by atoms with Crippen molar-refractivity contribution in [3.8, 4) is 0 Å². The largest absolute Gasteiger partial charge is 0.481 e. The molecular formula is C14H21ClN2O4. The van der Waals surface area contributed by atoms with Crippen LogP contribution in [-0.2, 0) is 14.4 Å². The smallest absolute Gasteiger partial charge is 0.308 e. The van der Waals surface area contributed by atoms with Gasteiger partial charge < -0.3 is 14.9 Å². The van der Waals surface area contributed by atoms with Crippen LogP contribution in [0.25, 0.3) is 0 Å². The number of nitrogens with zero attached hydrogens (tertiary/aromatic N) is 2. The SMILES string of the molecule is O=C(O)C1CC(=O)N(C2CCN(C(=O)CCCCl)CC2)C1. The second-order valence-corrected chi connectivity index (χ2v) is 6.07. The van der Waals surface area contributed by atoms with Gasteiger partial charge in [0.05, 0.1) is 5.92 Å². The molecule has 0 spiro atoms. The van der Waals surface area contributed by atoms with E-state index in [1.165, 1.54) is 0 Å². The van der Waals surface area contributed by atoms with Gasteiger partial charge in [-0.05, 0) is 19.3 Å². The molecule has 7 heteroatoms. The molecule has 0 bridgehead atoms. The highest BCUT2D eigenvalue weighted by molar-refractivity contribution is 6.17. The number of amides is 2. The van der Waals surface area contributed by atoms with Crippen LogP contribution in [0.1, 0.15) is 32.1 Å². The Kier molecular flexibility index (Phi) is 5.45. The normalized spacial score (nSPS) is 23.7. The van der Waals surface area contributed by atoms with E-state index < -0.39 is 11.9 Å². The topological polar surface area (TPSA) is 77.9 Å². The van der Waals surface area contributed by atoms with Gasteiger partial charge in [-0.15, -0.1) is 11.6 Å². The number of hydrogen-bond acceptors (Lipinski definition) is 3. The number of piperidine rings is 1. The number of rotatable bonds is 5. The maximum absolute atomic E-state index is 11.9. The van der Waals surface area contributed by atoms with E-state index in [-0.39, 0.29) is 24.3 Å². The van der Waals surface area contributed by atoms with Crippen molar-refractivity contribution in [3.63, 3.8) is 0 Å². The molecule has 2 fully saturated rings. The molecule has 2 heterocycles. The first-order valence-corrected chi connectivity index (χ1v) is 7.92. The van der Waals surface area contributed by atoms with Gasteiger partial charge in [0.2, 0.25) is 11.8 Å². The molecule has 0 aromatic carbocycles. The quantitative estimate of drug-likeness (QED) is 0.765. The third-order valence-electron chi connectivity index (χ3n) is 4.29. The van der Waals surface area contributed by atoms with Crippen LogP contribution >= 0.6 is 11.6 Å². The van der Waals surface area contributed by atoms with Crippen molar-refractivity contribution in [1.82, 2.24) is 9.80 Å². The Labute approximate surface area is 129 Å². The first-order chi connectivity index (χ1) is 10.0. The fourth-order valence-electron chi connectivity index (χ4n) is 3.05. The van der Waals surface area contributed by atoms with Gasteiger partial charge >= 0.3 is 5.97 Å². The lowest BCUT2D eigenvalue weighted by Crippen LogP contribution is -2.47. The second kappa shape index (κ2) is 7.11. The lowest BCUT2D eigenvalue weighted by molar-refractivity contribution is -0.141. The third-order valence-corrected chi connectivity index (χ3v) is 4.56. The summed E-state index contributed by atoms with van der Waals surface area (Å²) in [6, 6.07) is 0.0685. The number of alkyl halides is 1. The van der Waals surface area contributed by atoms with E-state index in [0.29, 0.717) is 38.4 Å². The lowest BCUT2D eigenvalue weighted by Gasteiger charge is -2.36. The van der Waals surface area contributed by atoms with Crippen molar-refractivity contribution >= 4 is 29.4 Å². The molecule has 2 saturated heterocycles. The van der Waals surface area contributed by atoms with Gasteiger partial charge in [0.1, 0.15) is 0 Å². The Hall–Kier alpha value is -1.30. The summed E-state index contributed by atoms with van der Waals surface area (Å²) in [6.07, 6.45) is 2.71. The zero-order chi connectivity index (χ0) is 15.4. The molecule has 2 amide bonds. The molecule has 2 aliphatic heterocycles. The zero-order valence-corrected chi connectivity index (χ0v) is 12.7. The fraction of sp³-hybridized carbons (Fsp3) is 0.786. The fourth-order valence-corrected chi connectivity index (χ4v) is 3.19. The average Bonchev–Trinajstić information content (AvgIpc) is 2.87. The average molecular weight is 317 g/mol. The summed E-state index contributed by atoms with van der Waals surface area (Å²) in [5.41, 5.74) is 0. The first kappa shape index (κ1) is 16.1. The molecule has 0 aliphatic carbocycles. The van der Waals surface area contributed by atoms with Crippen LogP contribution in [0.2, 0.25) is 0 Å². The van der Waals surface area contributed by atoms with Crippen molar-refractivity contribution in [3.05, 3.63) is 0 Å². The molecule has 21 heavy (non-hydrogen) atoms. The second-order valence-electron chi connectivity index (χ2n) is 5.69. The third kappa shape index (κ3) is 3.87. The predicted octanol–water partition coefficient (Wildman–Crippen LogP) is 0.929. The zero-order valence-electron chi connectivity index (χ0n) is 12.0. The van der Waals surface area contributed by atoms with Crippen molar-refractivity contribution in [2.24, 2.45) is 5.92 Å². The summed E-state index contributed by atoms with van der Waals surface area (Å²) in [6.45, 7) is 1.57. The van der Waals surface area contributed by atoms with Crippen LogP contribution in [0.4, 0.5) is 0 Å². The van der Waals surface area contributed by atoms with Crippen molar-refractivity contribution in [2.75, 3.05) is 25.5 Å². The first-order valence-electron chi connectivity index (χ1n) is 7.39. The van der Waals surface area contributed by atoms with Gasteiger partial charge in [-0.2, -0.15) is 0 Å². The van der Waals surface area contributed by atoms with Crippen molar-refractivity contribution in [2.45, 2.75) is 38.1 Å². The molecule has 1 atom stereocenters. The van der Waals surface area contributed by atoms with E-state index in [1.54, 1.807) is 4.90 Å². The van der Waals surface area contributed by atoms with Crippen LogP contribution in [0, 0.1) is 5.92 Å². The van der Waals surface area contributed by atoms with Gasteiger partial charge in [0.15, 0.2) is 0 Å². The summed E-state index contributed by atoms with van der Waals surface area (Å²) < 4.78 is 0. The van der Waals surface area contributed by atoms with Crippen LogP contribution in [-0.4, -0.2) is 64.2 Å². The number of carboxylic acid groups (broad SMARTS) is 1. The highest BCUT2D eigenvalue weighted by Crippen LogP contribution is 2.26. The van der Waals surface area contributed by atoms with Gasteiger partial charge in [-0.3, -0.25) is 14.4 Å². The summed E-state index contributed by atoms with van der Waals surface area (Å²) in [5.74, 6) is -0.957. The van der Waals surface area contributed by atoms with Crippen molar-refractivity contribution in [1.29, 1.82) is 0 Å². The number of carbonyl (C=O) groups is 3. The molecule has 1 unspecified atom stereocenters. The van der Waals surface area contributed by atoms with Crippen molar-refractivity contribution < 1.29 is 19.5 Å². The Morgan fingerprint density at radius 2 is 1.95 bits per heavy atom. The van der Waals surface area contributed by atoms with E-state index in [0.717, 1.165) is 12.8 Å². The molecule has 1 N–H and O–H groups in total. The van der Waals surface area contributed by atoms with Gasteiger partial charge in [0.25, 0.3) is 0 Å². The van der Waals surface area contributed by atoms with E-state index in [2.05, 4.69) is 0 Å². The Bertz CT molecular complexity index is 421. The van der Waals surface area contributed by atoms with Crippen LogP contribution in [0.3, 0.4) is 0 Å². The summed E-state index contributed by atoms with van der Waals surface area (Å²) >= 11 is 5.59. The Balaban J connectivity index is 1.83. The maximum Gasteiger partial charge on any atom is 0.308 e. The van der Waals surface area contributed by atoms with E-state index >= 15 is 0 Å². The minimum Gasteiger partial charge on any atom is -0.481 e. The Morgan fingerprint density at radius 1 is 1.29 bits per heavy atom. The number of aliphatic carboxylic acids is 1. The summed E-state index contributed by atoms with van der Waals surface area (Å²) in [4.78, 5) is 38.3. The minimum absolute atomic E-state index is 0.0685. The maximum atomic E-state index is 11.9. The molecule has 118 valence electrons. The van der Waals surface area contributed by atoms with Gasteiger partial charge in [-0.1, -0.05) is 0 Å². The molecule has 0 radical (unpaired) electrons. The number of halogens is 1. The monoisotopic (exact) mass is 316 g/mol. The highest BCUT2D eigenvalue weighted by atomic mass is 35.5.